The van der Waals surface area contributed by atoms with Crippen LogP contribution in [0.15, 0.2) is 0 Å². The highest BCUT2D eigenvalue weighted by molar-refractivity contribution is 4.84. The minimum Gasteiger partial charge on any atom is -0.326 e. The van der Waals surface area contributed by atoms with Crippen LogP contribution in [0.2, 0.25) is 0 Å². The lowest BCUT2D eigenvalue weighted by molar-refractivity contribution is 0.221. The number of hydrogen-bond acceptors (Lipinski definition) is 2. The Balaban J connectivity index is 1.74. The van der Waals surface area contributed by atoms with E-state index in [1.165, 1.54) is 38.8 Å². The molecule has 2 aliphatic carbocycles. The smallest absolute Gasteiger partial charge is 0.0191 e. The number of hydrogen-bond donors (Lipinski definition) is 1. The van der Waals surface area contributed by atoms with E-state index in [-0.39, 0.29) is 0 Å². The van der Waals surface area contributed by atoms with Gasteiger partial charge in [-0.05, 0) is 43.4 Å². The van der Waals surface area contributed by atoms with Crippen LogP contribution in [0.5, 0.6) is 0 Å². The molecule has 1 unspecified atom stereocenters. The van der Waals surface area contributed by atoms with Crippen LogP contribution in [0, 0.1) is 17.8 Å². The van der Waals surface area contributed by atoms with Gasteiger partial charge in [0.05, 0.1) is 0 Å². The zero-order valence-electron chi connectivity index (χ0n) is 10.3. The third kappa shape index (κ3) is 4.12. The summed E-state index contributed by atoms with van der Waals surface area (Å²) in [5, 5.41) is 0. The second kappa shape index (κ2) is 4.84. The van der Waals surface area contributed by atoms with Crippen molar-refractivity contribution in [3.63, 3.8) is 0 Å². The van der Waals surface area contributed by atoms with Crippen LogP contribution in [0.1, 0.15) is 39.5 Å². The molecule has 0 spiro atoms. The van der Waals surface area contributed by atoms with Crippen molar-refractivity contribution in [1.29, 1.82) is 0 Å². The van der Waals surface area contributed by atoms with Crippen LogP contribution in [-0.4, -0.2) is 30.6 Å². The van der Waals surface area contributed by atoms with E-state index in [0.717, 1.165) is 18.4 Å². The predicted molar refractivity (Wildman–Crippen MR) is 64.7 cm³/mol. The fourth-order valence-electron chi connectivity index (χ4n) is 2.06. The third-order valence-electron chi connectivity index (χ3n) is 3.75. The summed E-state index contributed by atoms with van der Waals surface area (Å²) in [6.07, 6.45) is 5.83. The highest BCUT2D eigenvalue weighted by atomic mass is 15.1. The molecular formula is C13H26N2. The Morgan fingerprint density at radius 1 is 1.07 bits per heavy atom. The van der Waals surface area contributed by atoms with Crippen LogP contribution in [0.25, 0.3) is 0 Å². The molecule has 0 heterocycles. The maximum atomic E-state index is 6.17. The maximum Gasteiger partial charge on any atom is 0.0191 e. The molecule has 2 heteroatoms. The van der Waals surface area contributed by atoms with Crippen molar-refractivity contribution in [1.82, 2.24) is 4.90 Å². The lowest BCUT2D eigenvalue weighted by Gasteiger charge is -2.27. The van der Waals surface area contributed by atoms with Gasteiger partial charge < -0.3 is 10.6 Å². The van der Waals surface area contributed by atoms with Gasteiger partial charge in [0.1, 0.15) is 0 Å². The Kier molecular flexibility index (Phi) is 3.68. The first-order chi connectivity index (χ1) is 7.15. The SMILES string of the molecule is CC(C)C(N)CN(CC1CC1)CC1CC1. The van der Waals surface area contributed by atoms with E-state index in [0.29, 0.717) is 12.0 Å². The van der Waals surface area contributed by atoms with E-state index >= 15 is 0 Å². The monoisotopic (exact) mass is 210 g/mol. The van der Waals surface area contributed by atoms with E-state index in [1.54, 1.807) is 0 Å². The summed E-state index contributed by atoms with van der Waals surface area (Å²) < 4.78 is 0. The van der Waals surface area contributed by atoms with Crippen molar-refractivity contribution in [2.24, 2.45) is 23.5 Å². The molecule has 0 amide bonds. The summed E-state index contributed by atoms with van der Waals surface area (Å²) in [6, 6.07) is 0.363. The van der Waals surface area contributed by atoms with E-state index in [9.17, 15) is 0 Å². The number of rotatable bonds is 7. The van der Waals surface area contributed by atoms with Crippen molar-refractivity contribution in [3.05, 3.63) is 0 Å². The van der Waals surface area contributed by atoms with Crippen LogP contribution >= 0.6 is 0 Å². The van der Waals surface area contributed by atoms with Gasteiger partial charge in [0.15, 0.2) is 0 Å². The van der Waals surface area contributed by atoms with Gasteiger partial charge in [0.2, 0.25) is 0 Å². The first-order valence-corrected chi connectivity index (χ1v) is 6.63. The largest absolute Gasteiger partial charge is 0.326 e. The molecule has 0 aliphatic heterocycles. The van der Waals surface area contributed by atoms with Crippen LogP contribution in [0.3, 0.4) is 0 Å². The molecule has 0 aromatic heterocycles. The lowest BCUT2D eigenvalue weighted by Crippen LogP contribution is -2.42. The highest BCUT2D eigenvalue weighted by Gasteiger charge is 2.29. The third-order valence-corrected chi connectivity index (χ3v) is 3.75. The van der Waals surface area contributed by atoms with Gasteiger partial charge in [-0.25, -0.2) is 0 Å². The first kappa shape index (κ1) is 11.4. The molecule has 15 heavy (non-hydrogen) atoms. The summed E-state index contributed by atoms with van der Waals surface area (Å²) >= 11 is 0. The minimum atomic E-state index is 0.363. The van der Waals surface area contributed by atoms with Crippen LogP contribution in [-0.2, 0) is 0 Å². The first-order valence-electron chi connectivity index (χ1n) is 6.63. The van der Waals surface area contributed by atoms with E-state index in [1.807, 2.05) is 0 Å². The van der Waals surface area contributed by atoms with Gasteiger partial charge in [-0.3, -0.25) is 0 Å². The van der Waals surface area contributed by atoms with Crippen molar-refractivity contribution >= 4 is 0 Å². The number of nitrogens with zero attached hydrogens (tertiary/aromatic N) is 1. The normalized spacial score (nSPS) is 23.8. The molecular weight excluding hydrogens is 184 g/mol. The van der Waals surface area contributed by atoms with Crippen molar-refractivity contribution in [2.75, 3.05) is 19.6 Å². The van der Waals surface area contributed by atoms with Gasteiger partial charge in [0, 0.05) is 25.7 Å². The predicted octanol–water partition coefficient (Wildman–Crippen LogP) is 2.09. The molecule has 2 fully saturated rings. The topological polar surface area (TPSA) is 29.3 Å². The van der Waals surface area contributed by atoms with E-state index in [2.05, 4.69) is 18.7 Å². The molecule has 2 nitrogen and oxygen atoms in total. The van der Waals surface area contributed by atoms with Gasteiger partial charge >= 0.3 is 0 Å². The summed E-state index contributed by atoms with van der Waals surface area (Å²) in [7, 11) is 0. The molecule has 2 saturated carbocycles. The van der Waals surface area contributed by atoms with Crippen molar-refractivity contribution in [2.45, 2.75) is 45.6 Å². The molecule has 0 aromatic rings. The lowest BCUT2D eigenvalue weighted by atomic mass is 10.0. The van der Waals surface area contributed by atoms with Crippen LogP contribution < -0.4 is 5.73 Å². The quantitative estimate of drug-likeness (QED) is 0.697. The summed E-state index contributed by atoms with van der Waals surface area (Å²) in [4.78, 5) is 2.64. The zero-order chi connectivity index (χ0) is 10.8. The Labute approximate surface area is 94.2 Å². The van der Waals surface area contributed by atoms with Gasteiger partial charge in [-0.2, -0.15) is 0 Å². The molecule has 2 aliphatic rings. The molecule has 2 N–H and O–H groups in total. The Morgan fingerprint density at radius 3 is 1.87 bits per heavy atom. The second-order valence-electron chi connectivity index (χ2n) is 6.01. The van der Waals surface area contributed by atoms with E-state index < -0.39 is 0 Å². The van der Waals surface area contributed by atoms with Gasteiger partial charge in [-0.15, -0.1) is 0 Å². The highest BCUT2D eigenvalue weighted by Crippen LogP contribution is 2.33. The molecule has 1 atom stereocenters. The number of nitrogens with two attached hydrogens (primary N) is 1. The Bertz CT molecular complexity index is 181. The molecule has 88 valence electrons. The summed E-state index contributed by atoms with van der Waals surface area (Å²) in [5.41, 5.74) is 6.17. The molecule has 0 aromatic carbocycles. The van der Waals surface area contributed by atoms with Gasteiger partial charge in [0.25, 0.3) is 0 Å². The molecule has 0 bridgehead atoms. The van der Waals surface area contributed by atoms with Crippen molar-refractivity contribution in [3.8, 4) is 0 Å². The standard InChI is InChI=1S/C13H26N2/c1-10(2)13(14)9-15(7-11-3-4-11)8-12-5-6-12/h10-13H,3-9,14H2,1-2H3. The van der Waals surface area contributed by atoms with Crippen LogP contribution in [0.4, 0.5) is 0 Å². The Hall–Kier alpha value is -0.0800. The maximum absolute atomic E-state index is 6.17. The molecule has 0 radical (unpaired) electrons. The summed E-state index contributed by atoms with van der Waals surface area (Å²) in [6.45, 7) is 8.21. The average molecular weight is 210 g/mol. The summed E-state index contributed by atoms with van der Waals surface area (Å²) in [5.74, 6) is 2.62. The van der Waals surface area contributed by atoms with Crippen molar-refractivity contribution < 1.29 is 0 Å². The van der Waals surface area contributed by atoms with Gasteiger partial charge in [-0.1, -0.05) is 13.8 Å². The van der Waals surface area contributed by atoms with E-state index in [4.69, 9.17) is 5.73 Å². The second-order valence-corrected chi connectivity index (χ2v) is 6.01. The zero-order valence-corrected chi connectivity index (χ0v) is 10.3. The molecule has 2 rings (SSSR count). The fraction of sp³-hybridized carbons (Fsp3) is 1.00. The molecule has 0 saturated heterocycles. The Morgan fingerprint density at radius 2 is 1.53 bits per heavy atom. The fourth-order valence-corrected chi connectivity index (χ4v) is 2.06. The average Bonchev–Trinajstić information content (AvgIpc) is 2.98. The minimum absolute atomic E-state index is 0.363.